The molecule has 17 heavy (non-hydrogen) atoms. The fourth-order valence-electron chi connectivity index (χ4n) is 2.15. The van der Waals surface area contributed by atoms with Crippen molar-refractivity contribution in [2.75, 3.05) is 13.7 Å². The van der Waals surface area contributed by atoms with Crippen molar-refractivity contribution in [1.82, 2.24) is 5.32 Å². The van der Waals surface area contributed by atoms with Gasteiger partial charge in [-0.15, -0.1) is 0 Å². The van der Waals surface area contributed by atoms with Crippen molar-refractivity contribution in [1.29, 1.82) is 0 Å². The first-order valence-electron chi connectivity index (χ1n) is 5.83. The molecule has 0 amide bonds. The van der Waals surface area contributed by atoms with Crippen LogP contribution in [0.15, 0.2) is 34.7 Å². The lowest BCUT2D eigenvalue weighted by atomic mass is 10.1. The second-order valence-electron chi connectivity index (χ2n) is 4.21. The second-order valence-corrected chi connectivity index (χ2v) is 4.21. The average Bonchev–Trinajstić information content (AvgIpc) is 2.82. The predicted octanol–water partition coefficient (Wildman–Crippen LogP) is 2.60. The summed E-state index contributed by atoms with van der Waals surface area (Å²) in [7, 11) is 1.67. The largest absolute Gasteiger partial charge is 0.497 e. The molecule has 2 aromatic rings. The lowest BCUT2D eigenvalue weighted by Crippen LogP contribution is -2.22. The third-order valence-corrected chi connectivity index (χ3v) is 3.12. The van der Waals surface area contributed by atoms with E-state index < -0.39 is 0 Å². The first-order chi connectivity index (χ1) is 8.36. The number of hydrogen-bond donors (Lipinski definition) is 1. The van der Waals surface area contributed by atoms with Crippen molar-refractivity contribution in [3.8, 4) is 17.1 Å². The fourth-order valence-corrected chi connectivity index (χ4v) is 2.15. The number of fused-ring (bicyclic) bond motifs is 1. The normalized spacial score (nSPS) is 14.4. The molecule has 3 rings (SSSR count). The van der Waals surface area contributed by atoms with E-state index in [1.807, 2.05) is 24.3 Å². The zero-order valence-electron chi connectivity index (χ0n) is 9.82. The summed E-state index contributed by atoms with van der Waals surface area (Å²) in [5.74, 6) is 2.93. The zero-order valence-corrected chi connectivity index (χ0v) is 9.82. The van der Waals surface area contributed by atoms with Crippen LogP contribution in [0.2, 0.25) is 0 Å². The second kappa shape index (κ2) is 4.26. The van der Waals surface area contributed by atoms with E-state index in [9.17, 15) is 0 Å². The van der Waals surface area contributed by atoms with Gasteiger partial charge < -0.3 is 14.5 Å². The number of ether oxygens (including phenoxy) is 1. The summed E-state index contributed by atoms with van der Waals surface area (Å²) >= 11 is 0. The maximum absolute atomic E-state index is 5.88. The van der Waals surface area contributed by atoms with E-state index in [2.05, 4.69) is 11.4 Å². The Morgan fingerprint density at radius 1 is 1.24 bits per heavy atom. The molecule has 0 aliphatic carbocycles. The van der Waals surface area contributed by atoms with Crippen LogP contribution < -0.4 is 10.1 Å². The Kier molecular flexibility index (Phi) is 2.61. The molecule has 88 valence electrons. The SMILES string of the molecule is COc1ccc(-c2cc3c(o2)CCNC3)cc1. The van der Waals surface area contributed by atoms with Gasteiger partial charge in [0.25, 0.3) is 0 Å². The third kappa shape index (κ3) is 1.94. The summed E-state index contributed by atoms with van der Waals surface area (Å²) in [6.45, 7) is 1.91. The number of methoxy groups -OCH3 is 1. The molecule has 2 heterocycles. The van der Waals surface area contributed by atoms with Crippen LogP contribution in [-0.2, 0) is 13.0 Å². The molecule has 1 aliphatic heterocycles. The highest BCUT2D eigenvalue weighted by atomic mass is 16.5. The highest BCUT2D eigenvalue weighted by Gasteiger charge is 2.15. The van der Waals surface area contributed by atoms with Crippen molar-refractivity contribution >= 4 is 0 Å². The maximum atomic E-state index is 5.88. The summed E-state index contributed by atoms with van der Waals surface area (Å²) in [5.41, 5.74) is 2.38. The quantitative estimate of drug-likeness (QED) is 0.859. The summed E-state index contributed by atoms with van der Waals surface area (Å²) in [6.07, 6.45) is 0.978. The fraction of sp³-hybridized carbons (Fsp3) is 0.286. The number of furan rings is 1. The van der Waals surface area contributed by atoms with Crippen LogP contribution in [-0.4, -0.2) is 13.7 Å². The summed E-state index contributed by atoms with van der Waals surface area (Å²) in [6, 6.07) is 10.1. The van der Waals surface area contributed by atoms with Gasteiger partial charge in [-0.1, -0.05) is 0 Å². The van der Waals surface area contributed by atoms with E-state index in [0.29, 0.717) is 0 Å². The minimum absolute atomic E-state index is 0.867. The Balaban J connectivity index is 1.94. The number of rotatable bonds is 2. The van der Waals surface area contributed by atoms with Crippen LogP contribution in [0.5, 0.6) is 5.75 Å². The minimum atomic E-state index is 0.867. The molecule has 0 saturated carbocycles. The van der Waals surface area contributed by atoms with Gasteiger partial charge in [0.2, 0.25) is 0 Å². The molecule has 0 saturated heterocycles. The topological polar surface area (TPSA) is 34.4 Å². The van der Waals surface area contributed by atoms with Crippen LogP contribution in [0.3, 0.4) is 0 Å². The van der Waals surface area contributed by atoms with Gasteiger partial charge in [0, 0.05) is 30.6 Å². The van der Waals surface area contributed by atoms with E-state index in [-0.39, 0.29) is 0 Å². The first kappa shape index (κ1) is 10.4. The summed E-state index contributed by atoms with van der Waals surface area (Å²) in [4.78, 5) is 0. The Morgan fingerprint density at radius 3 is 2.76 bits per heavy atom. The van der Waals surface area contributed by atoms with E-state index in [1.165, 1.54) is 5.56 Å². The van der Waals surface area contributed by atoms with Crippen molar-refractivity contribution in [2.45, 2.75) is 13.0 Å². The van der Waals surface area contributed by atoms with Gasteiger partial charge in [-0.25, -0.2) is 0 Å². The van der Waals surface area contributed by atoms with Crippen LogP contribution in [0.1, 0.15) is 11.3 Å². The zero-order chi connectivity index (χ0) is 11.7. The van der Waals surface area contributed by atoms with Crippen molar-refractivity contribution in [3.05, 3.63) is 41.7 Å². The van der Waals surface area contributed by atoms with Crippen LogP contribution in [0.25, 0.3) is 11.3 Å². The van der Waals surface area contributed by atoms with E-state index >= 15 is 0 Å². The smallest absolute Gasteiger partial charge is 0.134 e. The molecule has 1 aromatic carbocycles. The molecule has 0 fully saturated rings. The lowest BCUT2D eigenvalue weighted by molar-refractivity contribution is 0.415. The van der Waals surface area contributed by atoms with Crippen LogP contribution >= 0.6 is 0 Å². The molecule has 0 radical (unpaired) electrons. The Morgan fingerprint density at radius 2 is 2.06 bits per heavy atom. The van der Waals surface area contributed by atoms with Crippen molar-refractivity contribution in [3.63, 3.8) is 0 Å². The molecule has 0 spiro atoms. The number of nitrogens with one attached hydrogen (secondary N) is 1. The highest BCUT2D eigenvalue weighted by molar-refractivity contribution is 5.60. The molecule has 3 nitrogen and oxygen atoms in total. The molecule has 0 unspecified atom stereocenters. The van der Waals surface area contributed by atoms with E-state index in [1.54, 1.807) is 7.11 Å². The Labute approximate surface area is 100 Å². The molecule has 1 aromatic heterocycles. The van der Waals surface area contributed by atoms with E-state index in [4.69, 9.17) is 9.15 Å². The molecule has 0 atom stereocenters. The van der Waals surface area contributed by atoms with Crippen molar-refractivity contribution in [2.24, 2.45) is 0 Å². The molecule has 0 bridgehead atoms. The van der Waals surface area contributed by atoms with E-state index in [0.717, 1.165) is 42.3 Å². The standard InChI is InChI=1S/C14H15NO2/c1-16-12-4-2-10(3-5-12)14-8-11-9-15-7-6-13(11)17-14/h2-5,8,15H,6-7,9H2,1H3. The molecule has 1 N–H and O–H groups in total. The Bertz CT molecular complexity index is 490. The van der Waals surface area contributed by atoms with Gasteiger partial charge >= 0.3 is 0 Å². The monoisotopic (exact) mass is 229 g/mol. The summed E-state index contributed by atoms with van der Waals surface area (Å²) in [5, 5.41) is 3.34. The highest BCUT2D eigenvalue weighted by Crippen LogP contribution is 2.28. The molecule has 3 heteroatoms. The van der Waals surface area contributed by atoms with Crippen LogP contribution in [0.4, 0.5) is 0 Å². The van der Waals surface area contributed by atoms with Crippen LogP contribution in [0, 0.1) is 0 Å². The number of hydrogen-bond acceptors (Lipinski definition) is 3. The number of benzene rings is 1. The van der Waals surface area contributed by atoms with Gasteiger partial charge in [-0.2, -0.15) is 0 Å². The maximum Gasteiger partial charge on any atom is 0.134 e. The third-order valence-electron chi connectivity index (χ3n) is 3.12. The van der Waals surface area contributed by atoms with Gasteiger partial charge in [-0.3, -0.25) is 0 Å². The minimum Gasteiger partial charge on any atom is -0.497 e. The van der Waals surface area contributed by atoms with Gasteiger partial charge in [-0.05, 0) is 30.3 Å². The van der Waals surface area contributed by atoms with Gasteiger partial charge in [0.1, 0.15) is 17.3 Å². The Hall–Kier alpha value is -1.74. The van der Waals surface area contributed by atoms with Gasteiger partial charge in [0.15, 0.2) is 0 Å². The lowest BCUT2D eigenvalue weighted by Gasteiger charge is -2.09. The van der Waals surface area contributed by atoms with Crippen molar-refractivity contribution < 1.29 is 9.15 Å². The summed E-state index contributed by atoms with van der Waals surface area (Å²) < 4.78 is 11.0. The molecule has 1 aliphatic rings. The molecular weight excluding hydrogens is 214 g/mol. The predicted molar refractivity (Wildman–Crippen MR) is 66.1 cm³/mol. The first-order valence-corrected chi connectivity index (χ1v) is 5.83. The average molecular weight is 229 g/mol. The van der Waals surface area contributed by atoms with Gasteiger partial charge in [0.05, 0.1) is 7.11 Å². The molecular formula is C14H15NO2.